The van der Waals surface area contributed by atoms with Crippen molar-refractivity contribution in [3.63, 3.8) is 0 Å². The second-order valence-electron chi connectivity index (χ2n) is 4.73. The summed E-state index contributed by atoms with van der Waals surface area (Å²) < 4.78 is 13.1. The molecule has 0 aliphatic heterocycles. The molecular weight excluding hydrogens is 276 g/mol. The molecule has 0 heterocycles. The first kappa shape index (κ1) is 17.6. The van der Waals surface area contributed by atoms with E-state index in [1.165, 1.54) is 18.2 Å². The highest BCUT2D eigenvalue weighted by Crippen LogP contribution is 2.26. The summed E-state index contributed by atoms with van der Waals surface area (Å²) in [5.41, 5.74) is 6.35. The molecule has 0 aromatic heterocycles. The van der Waals surface area contributed by atoms with E-state index < -0.39 is 18.0 Å². The molecule has 0 bridgehead atoms. The van der Waals surface area contributed by atoms with Crippen LogP contribution >= 0.6 is 24.0 Å². The quantitative estimate of drug-likeness (QED) is 0.870. The molecule has 5 heteroatoms. The van der Waals surface area contributed by atoms with E-state index in [-0.39, 0.29) is 12.4 Å². The van der Waals surface area contributed by atoms with Crippen LogP contribution in [0.25, 0.3) is 0 Å². The van der Waals surface area contributed by atoms with E-state index in [9.17, 15) is 9.50 Å². The van der Waals surface area contributed by atoms with E-state index in [0.29, 0.717) is 22.9 Å². The van der Waals surface area contributed by atoms with Crippen LogP contribution in [0.4, 0.5) is 4.39 Å². The third-order valence-corrected chi connectivity index (χ3v) is 3.12. The SMILES string of the molecule is CC(C)CC[C@@H](O)[C@@H](N)c1cc(F)ccc1Cl.Cl. The maximum Gasteiger partial charge on any atom is 0.123 e. The van der Waals surface area contributed by atoms with Crippen molar-refractivity contribution in [2.24, 2.45) is 11.7 Å². The lowest BCUT2D eigenvalue weighted by Crippen LogP contribution is -2.27. The molecule has 1 rings (SSSR count). The Bertz CT molecular complexity index is 374. The number of hydrogen-bond acceptors (Lipinski definition) is 2. The lowest BCUT2D eigenvalue weighted by molar-refractivity contribution is 0.128. The van der Waals surface area contributed by atoms with Gasteiger partial charge in [-0.15, -0.1) is 12.4 Å². The van der Waals surface area contributed by atoms with Crippen LogP contribution in [0, 0.1) is 11.7 Å². The Labute approximate surface area is 119 Å². The summed E-state index contributed by atoms with van der Waals surface area (Å²) in [6.45, 7) is 4.15. The van der Waals surface area contributed by atoms with Gasteiger partial charge in [-0.1, -0.05) is 25.4 Å². The molecule has 3 N–H and O–H groups in total. The van der Waals surface area contributed by atoms with Crippen LogP contribution in [0.1, 0.15) is 38.3 Å². The molecule has 18 heavy (non-hydrogen) atoms. The highest BCUT2D eigenvalue weighted by Gasteiger charge is 2.19. The van der Waals surface area contributed by atoms with E-state index in [1.54, 1.807) is 0 Å². The van der Waals surface area contributed by atoms with Crippen LogP contribution in [0.5, 0.6) is 0 Å². The zero-order valence-electron chi connectivity index (χ0n) is 10.6. The molecule has 0 aliphatic rings. The maximum absolute atomic E-state index is 13.1. The van der Waals surface area contributed by atoms with Crippen molar-refractivity contribution in [1.29, 1.82) is 0 Å². The molecule has 0 fully saturated rings. The lowest BCUT2D eigenvalue weighted by Gasteiger charge is -2.21. The Morgan fingerprint density at radius 3 is 2.50 bits per heavy atom. The third-order valence-electron chi connectivity index (χ3n) is 2.77. The summed E-state index contributed by atoms with van der Waals surface area (Å²) in [6, 6.07) is 3.38. The molecule has 104 valence electrons. The predicted octanol–water partition coefficient (Wildman–Crippen LogP) is 3.70. The average Bonchev–Trinajstić information content (AvgIpc) is 2.28. The van der Waals surface area contributed by atoms with Crippen LogP contribution in [0.3, 0.4) is 0 Å². The van der Waals surface area contributed by atoms with Gasteiger partial charge < -0.3 is 10.8 Å². The van der Waals surface area contributed by atoms with Crippen LogP contribution in [-0.2, 0) is 0 Å². The lowest BCUT2D eigenvalue weighted by atomic mass is 9.96. The van der Waals surface area contributed by atoms with Crippen LogP contribution in [0.2, 0.25) is 5.02 Å². The van der Waals surface area contributed by atoms with Gasteiger partial charge in [-0.25, -0.2) is 4.39 Å². The zero-order chi connectivity index (χ0) is 13.0. The molecule has 0 saturated carbocycles. The molecule has 0 saturated heterocycles. The fourth-order valence-corrected chi connectivity index (χ4v) is 1.90. The van der Waals surface area contributed by atoms with Gasteiger partial charge in [0.25, 0.3) is 0 Å². The molecule has 0 radical (unpaired) electrons. The number of benzene rings is 1. The molecular formula is C13H20Cl2FNO. The van der Waals surface area contributed by atoms with Crippen molar-refractivity contribution >= 4 is 24.0 Å². The topological polar surface area (TPSA) is 46.2 Å². The summed E-state index contributed by atoms with van der Waals surface area (Å²) >= 11 is 5.94. The van der Waals surface area contributed by atoms with Gasteiger partial charge in [0.2, 0.25) is 0 Å². The number of nitrogens with two attached hydrogens (primary N) is 1. The zero-order valence-corrected chi connectivity index (χ0v) is 12.1. The van der Waals surface area contributed by atoms with E-state index in [2.05, 4.69) is 13.8 Å². The highest BCUT2D eigenvalue weighted by molar-refractivity contribution is 6.31. The Balaban J connectivity index is 0.00000289. The number of rotatable bonds is 5. The van der Waals surface area contributed by atoms with E-state index >= 15 is 0 Å². The van der Waals surface area contributed by atoms with Crippen LogP contribution in [0.15, 0.2) is 18.2 Å². The Hall–Kier alpha value is -0.350. The Morgan fingerprint density at radius 2 is 1.94 bits per heavy atom. The minimum absolute atomic E-state index is 0. The fraction of sp³-hybridized carbons (Fsp3) is 0.538. The first-order chi connectivity index (χ1) is 7.91. The largest absolute Gasteiger partial charge is 0.391 e. The van der Waals surface area contributed by atoms with Gasteiger partial charge in [0.15, 0.2) is 0 Å². The Kier molecular flexibility index (Phi) is 7.79. The van der Waals surface area contributed by atoms with Crippen LogP contribution in [-0.4, -0.2) is 11.2 Å². The monoisotopic (exact) mass is 295 g/mol. The van der Waals surface area contributed by atoms with Crippen molar-refractivity contribution < 1.29 is 9.50 Å². The normalized spacial score (nSPS) is 14.2. The number of halogens is 3. The first-order valence-corrected chi connectivity index (χ1v) is 6.18. The van der Waals surface area contributed by atoms with Gasteiger partial charge in [0.05, 0.1) is 12.1 Å². The molecule has 1 aromatic carbocycles. The minimum Gasteiger partial charge on any atom is -0.391 e. The van der Waals surface area contributed by atoms with E-state index in [0.717, 1.165) is 6.42 Å². The van der Waals surface area contributed by atoms with Crippen molar-refractivity contribution in [2.75, 3.05) is 0 Å². The summed E-state index contributed by atoms with van der Waals surface area (Å²) in [6.07, 6.45) is 0.768. The average molecular weight is 296 g/mol. The predicted molar refractivity (Wildman–Crippen MR) is 75.7 cm³/mol. The molecule has 2 nitrogen and oxygen atoms in total. The van der Waals surface area contributed by atoms with Crippen molar-refractivity contribution in [1.82, 2.24) is 0 Å². The van der Waals surface area contributed by atoms with Crippen molar-refractivity contribution in [2.45, 2.75) is 38.8 Å². The first-order valence-electron chi connectivity index (χ1n) is 5.80. The van der Waals surface area contributed by atoms with Crippen LogP contribution < -0.4 is 5.73 Å². The van der Waals surface area contributed by atoms with Crippen molar-refractivity contribution in [3.05, 3.63) is 34.6 Å². The Morgan fingerprint density at radius 1 is 1.33 bits per heavy atom. The molecule has 1 aromatic rings. The fourth-order valence-electron chi connectivity index (χ4n) is 1.66. The molecule has 0 aliphatic carbocycles. The second-order valence-corrected chi connectivity index (χ2v) is 5.14. The molecule has 0 spiro atoms. The van der Waals surface area contributed by atoms with Gasteiger partial charge in [-0.05, 0) is 42.5 Å². The number of aliphatic hydroxyl groups excluding tert-OH is 1. The summed E-state index contributed by atoms with van der Waals surface area (Å²) in [7, 11) is 0. The van der Waals surface area contributed by atoms with E-state index in [1.807, 2.05) is 0 Å². The second kappa shape index (κ2) is 7.95. The van der Waals surface area contributed by atoms with Gasteiger partial charge in [-0.2, -0.15) is 0 Å². The van der Waals surface area contributed by atoms with Gasteiger partial charge in [0, 0.05) is 5.02 Å². The maximum atomic E-state index is 13.1. The molecule has 0 unspecified atom stereocenters. The number of aliphatic hydroxyl groups is 1. The van der Waals surface area contributed by atoms with Gasteiger partial charge in [0.1, 0.15) is 5.82 Å². The minimum atomic E-state index is -0.698. The molecule has 0 amide bonds. The van der Waals surface area contributed by atoms with Gasteiger partial charge >= 0.3 is 0 Å². The third kappa shape index (κ3) is 5.11. The number of hydrogen-bond donors (Lipinski definition) is 2. The van der Waals surface area contributed by atoms with Gasteiger partial charge in [-0.3, -0.25) is 0 Å². The standard InChI is InChI=1S/C13H19ClFNO.ClH/c1-8(2)3-6-12(17)13(16)10-7-9(15)4-5-11(10)14;/h4-5,7-8,12-13,17H,3,6,16H2,1-2H3;1H/t12-,13+;/m1./s1. The smallest absolute Gasteiger partial charge is 0.123 e. The van der Waals surface area contributed by atoms with Crippen molar-refractivity contribution in [3.8, 4) is 0 Å². The summed E-state index contributed by atoms with van der Waals surface area (Å²) in [5.74, 6) is 0.107. The highest BCUT2D eigenvalue weighted by atomic mass is 35.5. The summed E-state index contributed by atoms with van der Waals surface area (Å²) in [5, 5.41) is 10.3. The van der Waals surface area contributed by atoms with E-state index in [4.69, 9.17) is 17.3 Å². The summed E-state index contributed by atoms with van der Waals surface area (Å²) in [4.78, 5) is 0. The molecule has 2 atom stereocenters.